The predicted molar refractivity (Wildman–Crippen MR) is 275 cm³/mol. The molecule has 5 aromatic rings. The summed E-state index contributed by atoms with van der Waals surface area (Å²) in [6.45, 7) is 10.7. The molecule has 384 valence electrons. The van der Waals surface area contributed by atoms with Crippen LogP contribution in [0.4, 0.5) is 0 Å². The maximum absolute atomic E-state index is 13.4. The molecule has 0 spiro atoms. The molecule has 0 unspecified atom stereocenters. The largest absolute Gasteiger partial charge is 0.494 e. The number of ether oxygens (including phenoxy) is 8. The fourth-order valence-corrected chi connectivity index (χ4v) is 7.17. The first-order valence-corrected chi connectivity index (χ1v) is 24.8. The summed E-state index contributed by atoms with van der Waals surface area (Å²) in [4.78, 5) is 74.7. The highest BCUT2D eigenvalue weighted by Gasteiger charge is 2.19. The zero-order valence-electron chi connectivity index (χ0n) is 41.5. The number of benzene rings is 5. The number of hydrogen-bond donors (Lipinski definition) is 0. The Bertz CT molecular complexity index is 2560. The lowest BCUT2D eigenvalue weighted by atomic mass is 10.1. The second-order valence-electron chi connectivity index (χ2n) is 16.9. The van der Waals surface area contributed by atoms with E-state index in [1.165, 1.54) is 48.5 Å². The Morgan fingerprint density at radius 1 is 0.384 bits per heavy atom. The van der Waals surface area contributed by atoms with E-state index in [9.17, 15) is 28.8 Å². The summed E-state index contributed by atoms with van der Waals surface area (Å²) < 4.78 is 44.2. The third-order valence-electron chi connectivity index (χ3n) is 11.2. The van der Waals surface area contributed by atoms with Crippen molar-refractivity contribution < 1.29 is 66.7 Å². The number of carbonyl (C=O) groups excluding carboxylic acids is 6. The minimum atomic E-state index is -0.729. The molecule has 0 fully saturated rings. The monoisotopic (exact) mass is 996 g/mol. The molecule has 5 aromatic carbocycles. The van der Waals surface area contributed by atoms with Gasteiger partial charge in [0.25, 0.3) is 0 Å². The van der Waals surface area contributed by atoms with Crippen molar-refractivity contribution in [1.82, 2.24) is 0 Å². The highest BCUT2D eigenvalue weighted by molar-refractivity contribution is 5.95. The molecular weight excluding hydrogens is 933 g/mol. The highest BCUT2D eigenvalue weighted by Crippen LogP contribution is 2.31. The zero-order chi connectivity index (χ0) is 52.0. The van der Waals surface area contributed by atoms with Gasteiger partial charge < -0.3 is 37.9 Å². The van der Waals surface area contributed by atoms with Gasteiger partial charge in [0.1, 0.15) is 23.0 Å². The Labute approximate surface area is 427 Å². The van der Waals surface area contributed by atoms with E-state index in [1.54, 1.807) is 66.7 Å². The molecule has 0 N–H and O–H groups in total. The summed E-state index contributed by atoms with van der Waals surface area (Å²) in [5.74, 6) is -1.64. The van der Waals surface area contributed by atoms with Gasteiger partial charge in [-0.15, -0.1) is 0 Å². The lowest BCUT2D eigenvalue weighted by molar-refractivity contribution is -0.138. The molecule has 14 heteroatoms. The Hall–Kier alpha value is -8.00. The van der Waals surface area contributed by atoms with Gasteiger partial charge in [-0.05, 0) is 147 Å². The Morgan fingerprint density at radius 3 is 1.08 bits per heavy atom. The molecule has 0 saturated carbocycles. The van der Waals surface area contributed by atoms with Crippen LogP contribution in [-0.4, -0.2) is 62.2 Å². The first-order chi connectivity index (χ1) is 35.5. The quantitative estimate of drug-likeness (QED) is 0.0172. The summed E-state index contributed by atoms with van der Waals surface area (Å²) in [5.41, 5.74) is 1.84. The van der Waals surface area contributed by atoms with Crippen molar-refractivity contribution >= 4 is 35.8 Å². The van der Waals surface area contributed by atoms with Crippen LogP contribution in [0.5, 0.6) is 34.5 Å². The maximum atomic E-state index is 13.4. The summed E-state index contributed by atoms with van der Waals surface area (Å²) in [7, 11) is 0. The minimum Gasteiger partial charge on any atom is -0.494 e. The number of hydrogen-bond acceptors (Lipinski definition) is 14. The molecule has 5 rings (SSSR count). The van der Waals surface area contributed by atoms with Crippen LogP contribution in [-0.2, 0) is 25.5 Å². The first kappa shape index (κ1) is 55.9. The van der Waals surface area contributed by atoms with Crippen LogP contribution in [0.1, 0.15) is 137 Å². The SMILES string of the molecule is C=CC(=O)OCCCCCCCCOc1ccc(C(=O)Oc2ccc(C(=O)Oc3ccc(CCC)cc3OC(=O)c3ccc(OC(=O)c4ccc(OCCCCCCCCOC(=O)C=C)cc4)cc3)cc2)cc1. The average molecular weight is 997 g/mol. The van der Waals surface area contributed by atoms with Gasteiger partial charge in [-0.3, -0.25) is 0 Å². The van der Waals surface area contributed by atoms with Crippen molar-refractivity contribution in [3.63, 3.8) is 0 Å². The van der Waals surface area contributed by atoms with Crippen LogP contribution in [0, 0.1) is 0 Å². The number of carbonyl (C=O) groups is 6. The molecular formula is C59H64O14. The van der Waals surface area contributed by atoms with E-state index >= 15 is 0 Å². The topological polar surface area (TPSA) is 176 Å². The van der Waals surface area contributed by atoms with Crippen molar-refractivity contribution in [1.29, 1.82) is 0 Å². The van der Waals surface area contributed by atoms with Crippen molar-refractivity contribution in [3.8, 4) is 34.5 Å². The van der Waals surface area contributed by atoms with Gasteiger partial charge in [-0.1, -0.05) is 83.9 Å². The fourth-order valence-electron chi connectivity index (χ4n) is 7.17. The van der Waals surface area contributed by atoms with Crippen molar-refractivity contribution in [3.05, 3.63) is 168 Å². The van der Waals surface area contributed by atoms with E-state index in [1.807, 2.05) is 6.92 Å². The fraction of sp³-hybridized carbons (Fsp3) is 0.322. The number of aryl methyl sites for hydroxylation is 1. The molecule has 0 aliphatic heterocycles. The van der Waals surface area contributed by atoms with Gasteiger partial charge in [0.15, 0.2) is 11.5 Å². The molecule has 0 radical (unpaired) electrons. The zero-order valence-corrected chi connectivity index (χ0v) is 41.5. The van der Waals surface area contributed by atoms with E-state index in [-0.39, 0.29) is 34.1 Å². The lowest BCUT2D eigenvalue weighted by Crippen LogP contribution is -2.13. The molecule has 0 amide bonds. The standard InChI is InChI=1S/C59H64O14/c1-4-19-43-20-37-52(72-58(64)46-25-33-50(34-26-46)70-56(62)44-21-29-48(30-22-44)66-38-15-11-7-9-13-17-40-68-54(60)5-2)53(42-43)73-59(65)47-27-35-51(36-28-47)71-57(63)45-23-31-49(32-24-45)67-39-16-12-8-10-14-18-41-69-55(61)6-3/h5-6,20-37,42H,2-4,7-19,38-41H2,1H3. The molecule has 14 nitrogen and oxygen atoms in total. The van der Waals surface area contributed by atoms with E-state index < -0.39 is 35.8 Å². The number of esters is 6. The molecule has 0 aromatic heterocycles. The summed E-state index contributed by atoms with van der Waals surface area (Å²) in [6, 6.07) is 30.1. The van der Waals surface area contributed by atoms with Gasteiger partial charge in [0, 0.05) is 12.2 Å². The van der Waals surface area contributed by atoms with E-state index in [0.29, 0.717) is 55.5 Å². The van der Waals surface area contributed by atoms with Crippen LogP contribution >= 0.6 is 0 Å². The Kier molecular flexibility index (Phi) is 24.0. The second-order valence-corrected chi connectivity index (χ2v) is 16.9. The summed E-state index contributed by atoms with van der Waals surface area (Å²) in [5, 5.41) is 0. The highest BCUT2D eigenvalue weighted by atomic mass is 16.6. The van der Waals surface area contributed by atoms with E-state index in [4.69, 9.17) is 37.9 Å². The van der Waals surface area contributed by atoms with Gasteiger partial charge in [0.2, 0.25) is 0 Å². The van der Waals surface area contributed by atoms with Crippen LogP contribution in [0.25, 0.3) is 0 Å². The van der Waals surface area contributed by atoms with Crippen molar-refractivity contribution in [2.75, 3.05) is 26.4 Å². The lowest BCUT2D eigenvalue weighted by Gasteiger charge is -2.13. The summed E-state index contributed by atoms with van der Waals surface area (Å²) in [6.07, 6.45) is 15.5. The van der Waals surface area contributed by atoms with Gasteiger partial charge in [-0.2, -0.15) is 0 Å². The third kappa shape index (κ3) is 20.3. The van der Waals surface area contributed by atoms with Gasteiger partial charge in [0.05, 0.1) is 48.7 Å². The first-order valence-electron chi connectivity index (χ1n) is 24.8. The average Bonchev–Trinajstić information content (AvgIpc) is 3.40. The predicted octanol–water partition coefficient (Wildman–Crippen LogP) is 12.4. The van der Waals surface area contributed by atoms with Crippen LogP contribution in [0.15, 0.2) is 141 Å². The molecule has 73 heavy (non-hydrogen) atoms. The van der Waals surface area contributed by atoms with E-state index in [2.05, 4.69) is 13.2 Å². The van der Waals surface area contributed by atoms with Crippen LogP contribution in [0.3, 0.4) is 0 Å². The molecule has 0 aliphatic rings. The van der Waals surface area contributed by atoms with Crippen molar-refractivity contribution in [2.45, 2.75) is 96.8 Å². The minimum absolute atomic E-state index is 0.0227. The molecule has 0 bridgehead atoms. The number of unbranched alkanes of at least 4 members (excludes halogenated alkanes) is 10. The smallest absolute Gasteiger partial charge is 0.343 e. The number of rotatable bonds is 32. The second kappa shape index (κ2) is 31.4. The Balaban J connectivity index is 1.04. The maximum Gasteiger partial charge on any atom is 0.343 e. The normalized spacial score (nSPS) is 10.6. The van der Waals surface area contributed by atoms with Crippen LogP contribution < -0.4 is 28.4 Å². The Morgan fingerprint density at radius 2 is 0.712 bits per heavy atom. The molecule has 0 aliphatic carbocycles. The summed E-state index contributed by atoms with van der Waals surface area (Å²) >= 11 is 0. The van der Waals surface area contributed by atoms with Gasteiger partial charge in [-0.25, -0.2) is 28.8 Å². The molecule has 0 heterocycles. The third-order valence-corrected chi connectivity index (χ3v) is 11.2. The molecule has 0 saturated heterocycles. The van der Waals surface area contributed by atoms with E-state index in [0.717, 1.165) is 101 Å². The van der Waals surface area contributed by atoms with Crippen LogP contribution in [0.2, 0.25) is 0 Å². The van der Waals surface area contributed by atoms with Gasteiger partial charge >= 0.3 is 35.8 Å². The van der Waals surface area contributed by atoms with Crippen molar-refractivity contribution in [2.24, 2.45) is 0 Å². The molecule has 0 atom stereocenters.